The molecule has 0 aliphatic rings. The summed E-state index contributed by atoms with van der Waals surface area (Å²) in [5.41, 5.74) is -0.105. The second-order valence-corrected chi connectivity index (χ2v) is 5.41. The first-order valence-corrected chi connectivity index (χ1v) is 7.32. The van der Waals surface area contributed by atoms with Gasteiger partial charge < -0.3 is 4.90 Å². The van der Waals surface area contributed by atoms with Crippen molar-refractivity contribution in [2.45, 2.75) is 38.9 Å². The van der Waals surface area contributed by atoms with Crippen LogP contribution < -0.4 is 0 Å². The van der Waals surface area contributed by atoms with Crippen LogP contribution in [0, 0.1) is 5.82 Å². The molecule has 0 saturated heterocycles. The van der Waals surface area contributed by atoms with Crippen LogP contribution in [-0.4, -0.2) is 29.6 Å². The Bertz CT molecular complexity index is 500. The summed E-state index contributed by atoms with van der Waals surface area (Å²) in [6.45, 7) is 2.08. The van der Waals surface area contributed by atoms with Gasteiger partial charge in [0.1, 0.15) is 12.4 Å². The molecule has 1 aromatic carbocycles. The van der Waals surface area contributed by atoms with Crippen LogP contribution in [0.25, 0.3) is 0 Å². The highest BCUT2D eigenvalue weighted by Gasteiger charge is 2.36. The fourth-order valence-corrected chi connectivity index (χ4v) is 2.55. The Morgan fingerprint density at radius 2 is 1.86 bits per heavy atom. The van der Waals surface area contributed by atoms with Crippen molar-refractivity contribution in [2.24, 2.45) is 0 Å². The molecule has 0 unspecified atom stereocenters. The fourth-order valence-electron chi connectivity index (χ4n) is 2.11. The van der Waals surface area contributed by atoms with Crippen LogP contribution in [0.2, 0.25) is 0 Å². The number of carbonyl (C=O) groups is 1. The smallest absolute Gasteiger partial charge is 0.327 e. The first-order chi connectivity index (χ1) is 9.71. The second kappa shape index (κ2) is 7.24. The lowest BCUT2D eigenvalue weighted by atomic mass is 10.1. The van der Waals surface area contributed by atoms with E-state index in [1.165, 1.54) is 12.1 Å². The van der Waals surface area contributed by atoms with E-state index in [1.807, 2.05) is 0 Å². The lowest BCUT2D eigenvalue weighted by Gasteiger charge is -2.31. The third-order valence-electron chi connectivity index (χ3n) is 3.18. The summed E-state index contributed by atoms with van der Waals surface area (Å²) < 4.78 is 51.5. The van der Waals surface area contributed by atoms with E-state index in [0.717, 1.165) is 11.0 Å². The molecule has 1 amide bonds. The van der Waals surface area contributed by atoms with E-state index >= 15 is 0 Å². The third-order valence-corrected chi connectivity index (χ3v) is 3.98. The van der Waals surface area contributed by atoms with Gasteiger partial charge in [-0.2, -0.15) is 13.2 Å². The van der Waals surface area contributed by atoms with E-state index in [-0.39, 0.29) is 10.0 Å². The molecule has 0 N–H and O–H groups in total. The number of carbonyl (C=O) groups excluding carboxylic acids is 1. The van der Waals surface area contributed by atoms with Gasteiger partial charge >= 0.3 is 6.18 Å². The lowest BCUT2D eigenvalue weighted by Crippen LogP contribution is -2.45. The number of nitrogens with zero attached hydrogens (tertiary/aromatic N) is 1. The molecule has 0 aromatic heterocycles. The first kappa shape index (κ1) is 17.9. The molecule has 0 aliphatic carbocycles. The van der Waals surface area contributed by atoms with Gasteiger partial charge in [0.2, 0.25) is 0 Å². The fraction of sp³-hybridized carbons (Fsp3) is 0.500. The minimum Gasteiger partial charge on any atom is -0.327 e. The maximum absolute atomic E-state index is 13.5. The Morgan fingerprint density at radius 1 is 1.29 bits per heavy atom. The van der Waals surface area contributed by atoms with Gasteiger partial charge in [-0.1, -0.05) is 19.9 Å². The number of rotatable bonds is 5. The Balaban J connectivity index is 3.18. The molecule has 0 heterocycles. The number of hydrogen-bond donors (Lipinski definition) is 0. The van der Waals surface area contributed by atoms with Gasteiger partial charge in [-0.25, -0.2) is 4.39 Å². The monoisotopic (exact) mass is 369 g/mol. The van der Waals surface area contributed by atoms with E-state index in [9.17, 15) is 22.4 Å². The van der Waals surface area contributed by atoms with Crippen LogP contribution in [0.1, 0.15) is 37.0 Å². The highest BCUT2D eigenvalue weighted by molar-refractivity contribution is 9.10. The number of alkyl halides is 3. The quantitative estimate of drug-likeness (QED) is 0.683. The van der Waals surface area contributed by atoms with Crippen molar-refractivity contribution in [3.63, 3.8) is 0 Å². The summed E-state index contributed by atoms with van der Waals surface area (Å²) in [6, 6.07) is 3.19. The topological polar surface area (TPSA) is 20.3 Å². The van der Waals surface area contributed by atoms with Crippen molar-refractivity contribution in [2.75, 3.05) is 6.54 Å². The van der Waals surface area contributed by atoms with Crippen LogP contribution in [0.3, 0.4) is 0 Å². The lowest BCUT2D eigenvalue weighted by molar-refractivity contribution is -0.144. The summed E-state index contributed by atoms with van der Waals surface area (Å²) in [7, 11) is 0. The van der Waals surface area contributed by atoms with Gasteiger partial charge in [0.05, 0.1) is 10.0 Å². The number of amides is 1. The van der Waals surface area contributed by atoms with Crippen molar-refractivity contribution in [1.29, 1.82) is 0 Å². The van der Waals surface area contributed by atoms with Gasteiger partial charge in [-0.3, -0.25) is 4.79 Å². The predicted molar refractivity (Wildman–Crippen MR) is 75.6 cm³/mol. The Kier molecular flexibility index (Phi) is 6.19. The zero-order chi connectivity index (χ0) is 16.2. The average Bonchev–Trinajstić information content (AvgIpc) is 2.40. The van der Waals surface area contributed by atoms with Crippen molar-refractivity contribution >= 4 is 21.8 Å². The molecule has 0 aliphatic heterocycles. The third kappa shape index (κ3) is 4.69. The Morgan fingerprint density at radius 3 is 2.33 bits per heavy atom. The van der Waals surface area contributed by atoms with Crippen molar-refractivity contribution in [3.05, 3.63) is 34.1 Å². The number of benzene rings is 1. The summed E-state index contributed by atoms with van der Waals surface area (Å²) in [5.74, 6) is -1.51. The first-order valence-electron chi connectivity index (χ1n) is 6.53. The molecule has 1 aromatic rings. The normalized spacial score (nSPS) is 11.8. The van der Waals surface area contributed by atoms with Gasteiger partial charge in [0.15, 0.2) is 0 Å². The number of hydrogen-bond acceptors (Lipinski definition) is 1. The zero-order valence-corrected chi connectivity index (χ0v) is 13.3. The summed E-state index contributed by atoms with van der Waals surface area (Å²) in [5, 5.41) is 0. The maximum Gasteiger partial charge on any atom is 0.406 e. The van der Waals surface area contributed by atoms with Crippen molar-refractivity contribution < 1.29 is 22.4 Å². The molecular formula is C14H16BrF4NO. The van der Waals surface area contributed by atoms with Gasteiger partial charge in [0, 0.05) is 6.04 Å². The predicted octanol–water partition coefficient (Wildman–Crippen LogP) is 4.78. The van der Waals surface area contributed by atoms with Gasteiger partial charge in [-0.15, -0.1) is 0 Å². The molecule has 0 radical (unpaired) electrons. The molecular weight excluding hydrogens is 354 g/mol. The minimum absolute atomic E-state index is 0.105. The summed E-state index contributed by atoms with van der Waals surface area (Å²) >= 11 is 2.92. The molecule has 1 rings (SSSR count). The van der Waals surface area contributed by atoms with E-state index in [1.54, 1.807) is 13.8 Å². The maximum atomic E-state index is 13.5. The molecule has 0 saturated carbocycles. The molecule has 0 atom stereocenters. The number of halogens is 5. The van der Waals surface area contributed by atoms with Crippen molar-refractivity contribution in [1.82, 2.24) is 4.90 Å². The van der Waals surface area contributed by atoms with Crippen molar-refractivity contribution in [3.8, 4) is 0 Å². The molecule has 0 bridgehead atoms. The van der Waals surface area contributed by atoms with E-state index in [0.29, 0.717) is 12.8 Å². The zero-order valence-electron chi connectivity index (χ0n) is 11.7. The summed E-state index contributed by atoms with van der Waals surface area (Å²) in [4.78, 5) is 13.1. The Hall–Kier alpha value is -1.11. The van der Waals surface area contributed by atoms with Crippen LogP contribution in [-0.2, 0) is 0 Å². The molecule has 7 heteroatoms. The standard InChI is InChI=1S/C14H16BrF4NO/c1-3-9(4-2)20(8-14(17,18)19)13(21)10-6-5-7-11(16)12(10)15/h5-7,9H,3-4,8H2,1-2H3. The molecule has 118 valence electrons. The summed E-state index contributed by atoms with van der Waals surface area (Å²) in [6.07, 6.45) is -3.71. The van der Waals surface area contributed by atoms with Crippen LogP contribution in [0.5, 0.6) is 0 Å². The van der Waals surface area contributed by atoms with Crippen LogP contribution >= 0.6 is 15.9 Å². The second-order valence-electron chi connectivity index (χ2n) is 4.62. The largest absolute Gasteiger partial charge is 0.406 e. The minimum atomic E-state index is -4.50. The molecule has 2 nitrogen and oxygen atoms in total. The average molecular weight is 370 g/mol. The van der Waals surface area contributed by atoms with Gasteiger partial charge in [0.25, 0.3) is 5.91 Å². The van der Waals surface area contributed by atoms with Crippen LogP contribution in [0.15, 0.2) is 22.7 Å². The van der Waals surface area contributed by atoms with Crippen LogP contribution in [0.4, 0.5) is 17.6 Å². The SMILES string of the molecule is CCC(CC)N(CC(F)(F)F)C(=O)c1cccc(F)c1Br. The van der Waals surface area contributed by atoms with E-state index < -0.39 is 30.5 Å². The van der Waals surface area contributed by atoms with Gasteiger partial charge in [-0.05, 0) is 40.9 Å². The Labute approximate surface area is 129 Å². The molecule has 0 spiro atoms. The molecule has 0 fully saturated rings. The highest BCUT2D eigenvalue weighted by Crippen LogP contribution is 2.26. The molecule has 21 heavy (non-hydrogen) atoms. The highest BCUT2D eigenvalue weighted by atomic mass is 79.9. The van der Waals surface area contributed by atoms with E-state index in [2.05, 4.69) is 15.9 Å². The van der Waals surface area contributed by atoms with E-state index in [4.69, 9.17) is 0 Å².